The molecule has 1 aliphatic rings. The van der Waals surface area contributed by atoms with Crippen molar-refractivity contribution >= 4 is 11.8 Å². The molecular weight excluding hydrogens is 360 g/mol. The number of aromatic nitrogens is 2. The summed E-state index contributed by atoms with van der Waals surface area (Å²) >= 11 is 0. The number of nitrogens with zero attached hydrogens (tertiary/aromatic N) is 3. The molecule has 2 amide bonds. The van der Waals surface area contributed by atoms with Crippen molar-refractivity contribution in [1.29, 1.82) is 0 Å². The van der Waals surface area contributed by atoms with Gasteiger partial charge in [0.2, 0.25) is 11.8 Å². The van der Waals surface area contributed by atoms with Crippen molar-refractivity contribution in [2.24, 2.45) is 5.92 Å². The lowest BCUT2D eigenvalue weighted by Gasteiger charge is -2.31. The summed E-state index contributed by atoms with van der Waals surface area (Å²) in [4.78, 5) is 26.2. The maximum absolute atomic E-state index is 12.5. The molecule has 0 saturated carbocycles. The van der Waals surface area contributed by atoms with Crippen LogP contribution in [0.4, 0.5) is 0 Å². The van der Waals surface area contributed by atoms with E-state index in [1.807, 2.05) is 30.5 Å². The summed E-state index contributed by atoms with van der Waals surface area (Å²) in [7, 11) is 3.22. The van der Waals surface area contributed by atoms with Crippen LogP contribution in [0.3, 0.4) is 0 Å². The van der Waals surface area contributed by atoms with Gasteiger partial charge < -0.3 is 19.7 Å². The minimum atomic E-state index is -0.196. The van der Waals surface area contributed by atoms with Crippen molar-refractivity contribution in [3.05, 3.63) is 42.2 Å². The smallest absolute Gasteiger partial charge is 0.225 e. The van der Waals surface area contributed by atoms with Crippen LogP contribution in [-0.2, 0) is 20.9 Å². The van der Waals surface area contributed by atoms with Gasteiger partial charge in [0.05, 0.1) is 25.8 Å². The lowest BCUT2D eigenvalue weighted by atomic mass is 9.96. The minimum Gasteiger partial charge on any atom is -0.494 e. The van der Waals surface area contributed by atoms with Gasteiger partial charge in [-0.2, -0.15) is 5.10 Å². The number of para-hydroxylation sites is 2. The van der Waals surface area contributed by atoms with E-state index >= 15 is 0 Å². The van der Waals surface area contributed by atoms with E-state index < -0.39 is 0 Å². The number of rotatable bonds is 8. The van der Waals surface area contributed by atoms with Gasteiger partial charge in [-0.05, 0) is 18.6 Å². The van der Waals surface area contributed by atoms with E-state index in [1.165, 1.54) is 0 Å². The van der Waals surface area contributed by atoms with Gasteiger partial charge in [0.1, 0.15) is 11.4 Å². The fourth-order valence-electron chi connectivity index (χ4n) is 3.28. The molecule has 2 heterocycles. The SMILES string of the molecule is COCCN1C[C@H](C(=O)NCc2cnn(-c3ccccc3OC)c2)CCC1=O. The van der Waals surface area contributed by atoms with Crippen LogP contribution >= 0.6 is 0 Å². The number of methoxy groups -OCH3 is 2. The molecule has 1 aromatic heterocycles. The number of ether oxygens (including phenoxy) is 2. The molecule has 0 unspecified atom stereocenters. The van der Waals surface area contributed by atoms with Crippen molar-refractivity contribution in [2.45, 2.75) is 19.4 Å². The first kappa shape index (κ1) is 19.9. The third-order valence-electron chi connectivity index (χ3n) is 4.87. The summed E-state index contributed by atoms with van der Waals surface area (Å²) in [5.74, 6) is 0.571. The van der Waals surface area contributed by atoms with Crippen molar-refractivity contribution in [3.8, 4) is 11.4 Å². The fraction of sp³-hybridized carbons (Fsp3) is 0.450. The Kier molecular flexibility index (Phi) is 6.65. The summed E-state index contributed by atoms with van der Waals surface area (Å²) in [6.45, 7) is 1.82. The monoisotopic (exact) mass is 386 g/mol. The minimum absolute atomic E-state index is 0.0417. The van der Waals surface area contributed by atoms with Crippen LogP contribution in [0.1, 0.15) is 18.4 Å². The van der Waals surface area contributed by atoms with E-state index in [-0.39, 0.29) is 17.7 Å². The van der Waals surface area contributed by atoms with Gasteiger partial charge >= 0.3 is 0 Å². The molecule has 1 aromatic carbocycles. The van der Waals surface area contributed by atoms with E-state index in [4.69, 9.17) is 9.47 Å². The van der Waals surface area contributed by atoms with Crippen molar-refractivity contribution in [3.63, 3.8) is 0 Å². The Balaban J connectivity index is 1.56. The van der Waals surface area contributed by atoms with Gasteiger partial charge in [0.15, 0.2) is 0 Å². The third kappa shape index (κ3) is 4.69. The highest BCUT2D eigenvalue weighted by atomic mass is 16.5. The lowest BCUT2D eigenvalue weighted by Crippen LogP contribution is -2.46. The molecule has 8 heteroatoms. The number of amides is 2. The van der Waals surface area contributed by atoms with Crippen molar-refractivity contribution in [2.75, 3.05) is 33.9 Å². The van der Waals surface area contributed by atoms with Crippen molar-refractivity contribution in [1.82, 2.24) is 20.0 Å². The van der Waals surface area contributed by atoms with Crippen LogP contribution in [0.15, 0.2) is 36.7 Å². The van der Waals surface area contributed by atoms with Gasteiger partial charge in [-0.25, -0.2) is 4.68 Å². The second-order valence-electron chi connectivity index (χ2n) is 6.75. The first-order chi connectivity index (χ1) is 13.6. The normalized spacial score (nSPS) is 16.9. The van der Waals surface area contributed by atoms with Gasteiger partial charge in [0, 0.05) is 44.9 Å². The predicted molar refractivity (Wildman–Crippen MR) is 103 cm³/mol. The Morgan fingerprint density at radius 1 is 1.32 bits per heavy atom. The molecule has 3 rings (SSSR count). The second kappa shape index (κ2) is 9.36. The largest absolute Gasteiger partial charge is 0.494 e. The molecule has 1 fully saturated rings. The van der Waals surface area contributed by atoms with E-state index in [2.05, 4.69) is 10.4 Å². The summed E-state index contributed by atoms with van der Waals surface area (Å²) in [5.41, 5.74) is 1.73. The summed E-state index contributed by atoms with van der Waals surface area (Å²) in [6, 6.07) is 7.61. The maximum Gasteiger partial charge on any atom is 0.225 e. The van der Waals surface area contributed by atoms with Gasteiger partial charge in [-0.3, -0.25) is 9.59 Å². The van der Waals surface area contributed by atoms with Crippen LogP contribution in [0.5, 0.6) is 5.75 Å². The van der Waals surface area contributed by atoms with Crippen molar-refractivity contribution < 1.29 is 19.1 Å². The number of nitrogens with one attached hydrogen (secondary N) is 1. The van der Waals surface area contributed by atoms with Crippen LogP contribution in [-0.4, -0.2) is 60.4 Å². The quantitative estimate of drug-likeness (QED) is 0.741. The fourth-order valence-corrected chi connectivity index (χ4v) is 3.28. The molecule has 150 valence electrons. The number of hydrogen-bond donors (Lipinski definition) is 1. The molecule has 1 N–H and O–H groups in total. The van der Waals surface area contributed by atoms with Crippen LogP contribution in [0, 0.1) is 5.92 Å². The Bertz CT molecular complexity index is 820. The molecule has 0 spiro atoms. The van der Waals surface area contributed by atoms with E-state index in [1.54, 1.807) is 30.0 Å². The lowest BCUT2D eigenvalue weighted by molar-refractivity contribution is -0.138. The molecule has 0 bridgehead atoms. The Morgan fingerprint density at radius 2 is 2.14 bits per heavy atom. The Morgan fingerprint density at radius 3 is 2.93 bits per heavy atom. The molecule has 8 nitrogen and oxygen atoms in total. The summed E-state index contributed by atoms with van der Waals surface area (Å²) < 4.78 is 12.1. The van der Waals surface area contributed by atoms with Gasteiger partial charge in [-0.1, -0.05) is 12.1 Å². The van der Waals surface area contributed by atoms with Gasteiger partial charge in [-0.15, -0.1) is 0 Å². The number of benzene rings is 1. The number of hydrogen-bond acceptors (Lipinski definition) is 5. The number of carbonyl (C=O) groups excluding carboxylic acids is 2. The van der Waals surface area contributed by atoms with Crippen LogP contribution in [0.2, 0.25) is 0 Å². The average Bonchev–Trinajstić information content (AvgIpc) is 3.20. The first-order valence-electron chi connectivity index (χ1n) is 9.33. The zero-order valence-electron chi connectivity index (χ0n) is 16.3. The molecule has 1 saturated heterocycles. The van der Waals surface area contributed by atoms with E-state index in [0.717, 1.165) is 17.0 Å². The average molecular weight is 386 g/mol. The highest BCUT2D eigenvalue weighted by Gasteiger charge is 2.29. The zero-order chi connectivity index (χ0) is 19.9. The van der Waals surface area contributed by atoms with E-state index in [9.17, 15) is 9.59 Å². The van der Waals surface area contributed by atoms with E-state index in [0.29, 0.717) is 39.1 Å². The molecule has 28 heavy (non-hydrogen) atoms. The highest BCUT2D eigenvalue weighted by Crippen LogP contribution is 2.22. The molecule has 0 aliphatic carbocycles. The number of likely N-dealkylation sites (tertiary alicyclic amines) is 1. The molecule has 1 atom stereocenters. The zero-order valence-corrected chi connectivity index (χ0v) is 16.3. The van der Waals surface area contributed by atoms with Crippen LogP contribution in [0.25, 0.3) is 5.69 Å². The second-order valence-corrected chi connectivity index (χ2v) is 6.75. The number of carbonyl (C=O) groups is 2. The standard InChI is InChI=1S/C20H26N4O4/c1-27-10-9-23-14-16(7-8-19(23)25)20(26)21-11-15-12-22-24(13-15)17-5-3-4-6-18(17)28-2/h3-6,12-13,16H,7-11,14H2,1-2H3,(H,21,26)/t16-/m1/s1. The Labute approximate surface area is 164 Å². The number of piperidine rings is 1. The maximum atomic E-state index is 12.5. The Hall–Kier alpha value is -2.87. The highest BCUT2D eigenvalue weighted by molar-refractivity contribution is 5.83. The summed E-state index contributed by atoms with van der Waals surface area (Å²) in [6.07, 6.45) is 4.57. The van der Waals surface area contributed by atoms with Crippen LogP contribution < -0.4 is 10.1 Å². The molecule has 2 aromatic rings. The third-order valence-corrected chi connectivity index (χ3v) is 4.87. The van der Waals surface area contributed by atoms with Gasteiger partial charge in [0.25, 0.3) is 0 Å². The molecule has 0 radical (unpaired) electrons. The first-order valence-corrected chi connectivity index (χ1v) is 9.33. The summed E-state index contributed by atoms with van der Waals surface area (Å²) in [5, 5.41) is 7.32. The topological polar surface area (TPSA) is 85.7 Å². The molecular formula is C20H26N4O4. The molecule has 1 aliphatic heterocycles. The predicted octanol–water partition coefficient (Wildman–Crippen LogP) is 1.38.